The van der Waals surface area contributed by atoms with Gasteiger partial charge in [-0.2, -0.15) is 0 Å². The van der Waals surface area contributed by atoms with E-state index in [9.17, 15) is 4.79 Å². The molecule has 3 N–H and O–H groups in total. The van der Waals surface area contributed by atoms with E-state index in [4.69, 9.17) is 5.73 Å². The van der Waals surface area contributed by atoms with Crippen LogP contribution in [0.15, 0.2) is 22.7 Å². The summed E-state index contributed by atoms with van der Waals surface area (Å²) in [7, 11) is 0. The normalized spacial score (nSPS) is 11.5. The molecule has 0 heterocycles. The minimum Gasteiger partial charge on any atom is -0.325 e. The van der Waals surface area contributed by atoms with Crippen LogP contribution in [-0.2, 0) is 4.79 Å². The molecule has 5 heteroatoms. The third-order valence-corrected chi connectivity index (χ3v) is 2.71. The molecular weight excluding hydrogens is 279 g/mol. The van der Waals surface area contributed by atoms with Gasteiger partial charge in [-0.3, -0.25) is 4.79 Å². The molecule has 0 bridgehead atoms. The van der Waals surface area contributed by atoms with E-state index in [1.165, 1.54) is 0 Å². The van der Waals surface area contributed by atoms with Crippen LogP contribution in [0.25, 0.3) is 0 Å². The van der Waals surface area contributed by atoms with Gasteiger partial charge >= 0.3 is 0 Å². The molecule has 0 aliphatic rings. The number of amides is 1. The summed E-state index contributed by atoms with van der Waals surface area (Å²) >= 11 is 3.39. The number of hydrogen-bond acceptors (Lipinski definition) is 2. The third kappa shape index (κ3) is 4.20. The van der Waals surface area contributed by atoms with Gasteiger partial charge < -0.3 is 11.1 Å². The Kier molecular flexibility index (Phi) is 5.87. The number of carbonyl (C=O) groups excluding carboxylic acids is 1. The number of nitrogens with two attached hydrogens (primary N) is 1. The smallest absolute Gasteiger partial charge is 0.240 e. The zero-order valence-electron chi connectivity index (χ0n) is 8.58. The van der Waals surface area contributed by atoms with Crippen molar-refractivity contribution in [2.45, 2.75) is 19.9 Å². The van der Waals surface area contributed by atoms with Gasteiger partial charge in [0.05, 0.1) is 6.04 Å². The fourth-order valence-corrected chi connectivity index (χ4v) is 1.31. The van der Waals surface area contributed by atoms with Crippen LogP contribution < -0.4 is 11.1 Å². The highest BCUT2D eigenvalue weighted by atomic mass is 79.9. The van der Waals surface area contributed by atoms with Crippen LogP contribution >= 0.6 is 28.3 Å². The second kappa shape index (κ2) is 6.10. The molecule has 1 rings (SSSR count). The maximum Gasteiger partial charge on any atom is 0.240 e. The molecule has 0 spiro atoms. The van der Waals surface area contributed by atoms with Crippen molar-refractivity contribution in [3.05, 3.63) is 28.2 Å². The highest BCUT2D eigenvalue weighted by Crippen LogP contribution is 2.20. The molecule has 0 fully saturated rings. The standard InChI is InChI=1S/C10H13BrN2O.ClH/c1-6-3-4-8(5-9(6)11)13-10(14)7(2)12;/h3-5,7H,12H2,1-2H3,(H,13,14);1H/t7-;/m0./s1. The second-order valence-electron chi connectivity index (χ2n) is 3.24. The molecule has 0 unspecified atom stereocenters. The summed E-state index contributed by atoms with van der Waals surface area (Å²) in [4.78, 5) is 11.3. The van der Waals surface area contributed by atoms with Gasteiger partial charge in [0, 0.05) is 10.2 Å². The summed E-state index contributed by atoms with van der Waals surface area (Å²) in [6.07, 6.45) is 0. The van der Waals surface area contributed by atoms with Gasteiger partial charge in [-0.1, -0.05) is 22.0 Å². The van der Waals surface area contributed by atoms with E-state index < -0.39 is 6.04 Å². The Balaban J connectivity index is 0.00000196. The molecule has 1 amide bonds. The highest BCUT2D eigenvalue weighted by Gasteiger charge is 2.07. The summed E-state index contributed by atoms with van der Waals surface area (Å²) in [6, 6.07) is 5.15. The average molecular weight is 294 g/mol. The molecule has 0 radical (unpaired) electrons. The van der Waals surface area contributed by atoms with Gasteiger partial charge in [-0.25, -0.2) is 0 Å². The van der Waals surface area contributed by atoms with Crippen LogP contribution in [-0.4, -0.2) is 11.9 Å². The van der Waals surface area contributed by atoms with Gasteiger partial charge in [-0.05, 0) is 31.5 Å². The molecule has 0 aliphatic heterocycles. The van der Waals surface area contributed by atoms with E-state index in [2.05, 4.69) is 21.2 Å². The summed E-state index contributed by atoms with van der Waals surface area (Å²) in [5, 5.41) is 2.72. The van der Waals surface area contributed by atoms with Crippen molar-refractivity contribution in [1.29, 1.82) is 0 Å². The fourth-order valence-electron chi connectivity index (χ4n) is 0.927. The quantitative estimate of drug-likeness (QED) is 0.880. The first kappa shape index (κ1) is 14.4. The molecule has 84 valence electrons. The summed E-state index contributed by atoms with van der Waals surface area (Å²) in [5.41, 5.74) is 7.31. The summed E-state index contributed by atoms with van der Waals surface area (Å²) in [5.74, 6) is -0.180. The molecule has 1 aromatic carbocycles. The number of aryl methyl sites for hydroxylation is 1. The van der Waals surface area contributed by atoms with Crippen LogP contribution in [0.4, 0.5) is 5.69 Å². The highest BCUT2D eigenvalue weighted by molar-refractivity contribution is 9.10. The first-order chi connectivity index (χ1) is 6.50. The zero-order valence-corrected chi connectivity index (χ0v) is 11.0. The van der Waals surface area contributed by atoms with Gasteiger partial charge in [0.15, 0.2) is 0 Å². The van der Waals surface area contributed by atoms with Crippen molar-refractivity contribution < 1.29 is 4.79 Å². The first-order valence-corrected chi connectivity index (χ1v) is 5.12. The van der Waals surface area contributed by atoms with Gasteiger partial charge in [0.1, 0.15) is 0 Å². The number of anilines is 1. The average Bonchev–Trinajstić information content (AvgIpc) is 2.11. The maximum absolute atomic E-state index is 11.3. The van der Waals surface area contributed by atoms with E-state index in [1.54, 1.807) is 6.92 Å². The summed E-state index contributed by atoms with van der Waals surface area (Å²) in [6.45, 7) is 3.64. The lowest BCUT2D eigenvalue weighted by molar-refractivity contribution is -0.117. The van der Waals surface area contributed by atoms with Crippen LogP contribution in [0.1, 0.15) is 12.5 Å². The van der Waals surface area contributed by atoms with Crippen molar-refractivity contribution in [3.8, 4) is 0 Å². The molecule has 0 aromatic heterocycles. The Labute approximate surface area is 104 Å². The first-order valence-electron chi connectivity index (χ1n) is 4.33. The maximum atomic E-state index is 11.3. The van der Waals surface area contributed by atoms with Crippen molar-refractivity contribution in [2.75, 3.05) is 5.32 Å². The number of hydrogen-bond donors (Lipinski definition) is 2. The number of nitrogens with one attached hydrogen (secondary N) is 1. The largest absolute Gasteiger partial charge is 0.325 e. The minimum atomic E-state index is -0.491. The van der Waals surface area contributed by atoms with Crippen LogP contribution in [0.3, 0.4) is 0 Å². The topological polar surface area (TPSA) is 55.1 Å². The third-order valence-electron chi connectivity index (χ3n) is 1.85. The monoisotopic (exact) mass is 292 g/mol. The van der Waals surface area contributed by atoms with Crippen molar-refractivity contribution in [3.63, 3.8) is 0 Å². The Morgan fingerprint density at radius 2 is 2.13 bits per heavy atom. The van der Waals surface area contributed by atoms with Crippen LogP contribution in [0.5, 0.6) is 0 Å². The summed E-state index contributed by atoms with van der Waals surface area (Å²) < 4.78 is 0.972. The molecule has 15 heavy (non-hydrogen) atoms. The van der Waals surface area contributed by atoms with Crippen LogP contribution in [0.2, 0.25) is 0 Å². The molecule has 1 atom stereocenters. The molecule has 3 nitrogen and oxygen atoms in total. The Bertz CT molecular complexity index is 355. The lowest BCUT2D eigenvalue weighted by atomic mass is 10.2. The van der Waals surface area contributed by atoms with Gasteiger partial charge in [0.25, 0.3) is 0 Å². The predicted molar refractivity (Wildman–Crippen MR) is 68.4 cm³/mol. The Hall–Kier alpha value is -0.580. The van der Waals surface area contributed by atoms with E-state index in [1.807, 2.05) is 25.1 Å². The number of rotatable bonds is 2. The zero-order chi connectivity index (χ0) is 10.7. The van der Waals surface area contributed by atoms with E-state index in [0.717, 1.165) is 15.7 Å². The van der Waals surface area contributed by atoms with Gasteiger partial charge in [0.2, 0.25) is 5.91 Å². The van der Waals surface area contributed by atoms with E-state index in [0.29, 0.717) is 0 Å². The van der Waals surface area contributed by atoms with Crippen molar-refractivity contribution in [1.82, 2.24) is 0 Å². The van der Waals surface area contributed by atoms with Gasteiger partial charge in [-0.15, -0.1) is 12.4 Å². The molecular formula is C10H14BrClN2O. The minimum absolute atomic E-state index is 0. The molecule has 0 aliphatic carbocycles. The van der Waals surface area contributed by atoms with Crippen molar-refractivity contribution in [2.24, 2.45) is 5.73 Å². The second-order valence-corrected chi connectivity index (χ2v) is 4.10. The van der Waals surface area contributed by atoms with Crippen LogP contribution in [0, 0.1) is 6.92 Å². The van der Waals surface area contributed by atoms with E-state index >= 15 is 0 Å². The molecule has 0 saturated carbocycles. The fraction of sp³-hybridized carbons (Fsp3) is 0.300. The lowest BCUT2D eigenvalue weighted by Gasteiger charge is -2.08. The number of halogens is 2. The Morgan fingerprint density at radius 1 is 1.53 bits per heavy atom. The molecule has 1 aromatic rings. The lowest BCUT2D eigenvalue weighted by Crippen LogP contribution is -2.32. The molecule has 0 saturated heterocycles. The SMILES string of the molecule is Cc1ccc(NC(=O)[C@H](C)N)cc1Br.Cl. The van der Waals surface area contributed by atoms with Crippen molar-refractivity contribution >= 4 is 39.9 Å². The number of carbonyl (C=O) groups is 1. The predicted octanol–water partition coefficient (Wildman–Crippen LogP) is 2.47. The number of benzene rings is 1. The Morgan fingerprint density at radius 3 is 2.60 bits per heavy atom. The van der Waals surface area contributed by atoms with E-state index in [-0.39, 0.29) is 18.3 Å².